The Morgan fingerprint density at radius 1 is 1.30 bits per heavy atom. The monoisotopic (exact) mass is 392 g/mol. The number of nitrogens with one attached hydrogen (secondary N) is 2. The zero-order chi connectivity index (χ0) is 13.2. The molecule has 1 saturated heterocycles. The average Bonchev–Trinajstić information content (AvgIpc) is 3.30. The summed E-state index contributed by atoms with van der Waals surface area (Å²) in [5.74, 6) is 2.76. The quantitative estimate of drug-likeness (QED) is 0.428. The molecule has 3 fully saturated rings. The van der Waals surface area contributed by atoms with E-state index in [4.69, 9.17) is 4.99 Å². The van der Waals surface area contributed by atoms with Gasteiger partial charge in [0.1, 0.15) is 0 Å². The molecule has 3 atom stereocenters. The number of halogens is 1. The Bertz CT molecular complexity index is 343. The minimum Gasteiger partial charge on any atom is -0.357 e. The van der Waals surface area contributed by atoms with Gasteiger partial charge in [0, 0.05) is 38.3 Å². The van der Waals surface area contributed by atoms with E-state index >= 15 is 0 Å². The molecule has 2 N–H and O–H groups in total. The van der Waals surface area contributed by atoms with Gasteiger partial charge in [-0.3, -0.25) is 9.89 Å². The molecule has 2 aliphatic carbocycles. The molecular weight excluding hydrogens is 363 g/mol. The lowest BCUT2D eigenvalue weighted by Crippen LogP contribution is -2.44. The van der Waals surface area contributed by atoms with Crippen molar-refractivity contribution in [3.63, 3.8) is 0 Å². The second-order valence-electron chi connectivity index (χ2n) is 6.55. The number of likely N-dealkylation sites (tertiary alicyclic amines) is 1. The van der Waals surface area contributed by atoms with E-state index in [0.29, 0.717) is 6.04 Å². The highest BCUT2D eigenvalue weighted by Crippen LogP contribution is 2.37. The zero-order valence-corrected chi connectivity index (χ0v) is 15.1. The smallest absolute Gasteiger partial charge is 0.191 e. The van der Waals surface area contributed by atoms with Crippen molar-refractivity contribution >= 4 is 29.9 Å². The Labute approximate surface area is 140 Å². The van der Waals surface area contributed by atoms with E-state index in [1.165, 1.54) is 38.8 Å². The van der Waals surface area contributed by atoms with Crippen molar-refractivity contribution < 1.29 is 0 Å². The fourth-order valence-corrected chi connectivity index (χ4v) is 3.05. The highest BCUT2D eigenvalue weighted by molar-refractivity contribution is 14.0. The largest absolute Gasteiger partial charge is 0.357 e. The molecule has 1 heterocycles. The number of aliphatic imine (C=N–C) groups is 1. The molecule has 3 rings (SSSR count). The molecule has 3 unspecified atom stereocenters. The van der Waals surface area contributed by atoms with Crippen LogP contribution < -0.4 is 10.6 Å². The molecule has 0 spiro atoms. The molecule has 4 nitrogen and oxygen atoms in total. The first-order valence-corrected chi connectivity index (χ1v) is 8.05. The summed E-state index contributed by atoms with van der Waals surface area (Å²) in [5, 5.41) is 7.01. The molecule has 0 aromatic rings. The Morgan fingerprint density at radius 2 is 2.05 bits per heavy atom. The first-order valence-electron chi connectivity index (χ1n) is 8.05. The van der Waals surface area contributed by atoms with Gasteiger partial charge in [0.15, 0.2) is 5.96 Å². The lowest BCUT2D eigenvalue weighted by atomic mass is 10.3. The van der Waals surface area contributed by atoms with Gasteiger partial charge in [-0.1, -0.05) is 6.92 Å². The van der Waals surface area contributed by atoms with Gasteiger partial charge in [0.2, 0.25) is 0 Å². The molecule has 0 aromatic carbocycles. The molecule has 0 aromatic heterocycles. The minimum absolute atomic E-state index is 0. The van der Waals surface area contributed by atoms with Crippen molar-refractivity contribution in [3.8, 4) is 0 Å². The fourth-order valence-electron chi connectivity index (χ4n) is 3.05. The van der Waals surface area contributed by atoms with Gasteiger partial charge in [0.05, 0.1) is 0 Å². The highest BCUT2D eigenvalue weighted by Gasteiger charge is 2.35. The third-order valence-corrected chi connectivity index (χ3v) is 4.73. The van der Waals surface area contributed by atoms with Crippen LogP contribution in [0, 0.1) is 11.8 Å². The van der Waals surface area contributed by atoms with Crippen molar-refractivity contribution in [1.29, 1.82) is 0 Å². The Kier molecular flexibility index (Phi) is 5.95. The summed E-state index contributed by atoms with van der Waals surface area (Å²) < 4.78 is 0. The number of hydrogen-bond donors (Lipinski definition) is 2. The minimum atomic E-state index is 0. The molecule has 116 valence electrons. The van der Waals surface area contributed by atoms with Crippen molar-refractivity contribution in [2.24, 2.45) is 16.8 Å². The fraction of sp³-hybridized carbons (Fsp3) is 0.933. The molecule has 0 bridgehead atoms. The predicted octanol–water partition coefficient (Wildman–Crippen LogP) is 2.05. The topological polar surface area (TPSA) is 39.7 Å². The zero-order valence-electron chi connectivity index (χ0n) is 12.8. The van der Waals surface area contributed by atoms with Gasteiger partial charge >= 0.3 is 0 Å². The summed E-state index contributed by atoms with van der Waals surface area (Å²) in [7, 11) is 0. The Balaban J connectivity index is 0.00000147. The maximum Gasteiger partial charge on any atom is 0.191 e. The first kappa shape index (κ1) is 16.3. The van der Waals surface area contributed by atoms with Crippen LogP contribution in [0.15, 0.2) is 4.99 Å². The van der Waals surface area contributed by atoms with Crippen molar-refractivity contribution in [1.82, 2.24) is 15.5 Å². The van der Waals surface area contributed by atoms with Crippen LogP contribution in [0.1, 0.15) is 39.5 Å². The summed E-state index contributed by atoms with van der Waals surface area (Å²) >= 11 is 0. The van der Waals surface area contributed by atoms with Crippen LogP contribution in [0.2, 0.25) is 0 Å². The number of nitrogens with zero attached hydrogens (tertiary/aromatic N) is 2. The lowest BCUT2D eigenvalue weighted by molar-refractivity contribution is 0.321. The van der Waals surface area contributed by atoms with Gasteiger partial charge in [0.25, 0.3) is 0 Å². The lowest BCUT2D eigenvalue weighted by Gasteiger charge is -2.18. The van der Waals surface area contributed by atoms with Crippen molar-refractivity contribution in [2.75, 3.05) is 26.2 Å². The van der Waals surface area contributed by atoms with E-state index in [1.54, 1.807) is 0 Å². The SMILES string of the molecule is CCNC(=NCC1CC1C)NC1CCN(C2CC2)C1.I. The second-order valence-corrected chi connectivity index (χ2v) is 6.55. The van der Waals surface area contributed by atoms with Crippen LogP contribution in [-0.2, 0) is 0 Å². The summed E-state index contributed by atoms with van der Waals surface area (Å²) in [4.78, 5) is 7.39. The van der Waals surface area contributed by atoms with E-state index in [-0.39, 0.29) is 24.0 Å². The second kappa shape index (κ2) is 7.29. The van der Waals surface area contributed by atoms with Crippen molar-refractivity contribution in [3.05, 3.63) is 0 Å². The molecule has 0 amide bonds. The standard InChI is InChI=1S/C15H28N4.HI/c1-3-16-15(17-9-12-8-11(12)2)18-13-6-7-19(10-13)14-4-5-14;/h11-14H,3-10H2,1-2H3,(H2,16,17,18);1H. The van der Waals surface area contributed by atoms with E-state index in [1.807, 2.05) is 0 Å². The summed E-state index contributed by atoms with van der Waals surface area (Å²) in [6.07, 6.45) is 5.46. The molecule has 3 aliphatic rings. The van der Waals surface area contributed by atoms with Crippen LogP contribution >= 0.6 is 24.0 Å². The third-order valence-electron chi connectivity index (χ3n) is 4.73. The summed E-state index contributed by atoms with van der Waals surface area (Å²) in [6.45, 7) is 8.88. The van der Waals surface area contributed by atoms with Crippen molar-refractivity contribution in [2.45, 2.75) is 51.6 Å². The van der Waals surface area contributed by atoms with Gasteiger partial charge in [-0.05, 0) is 44.4 Å². The van der Waals surface area contributed by atoms with E-state index in [0.717, 1.165) is 36.9 Å². The normalized spacial score (nSPS) is 33.7. The van der Waals surface area contributed by atoms with Gasteiger partial charge in [-0.15, -0.1) is 24.0 Å². The molecule has 2 saturated carbocycles. The first-order chi connectivity index (χ1) is 9.26. The molecule has 5 heteroatoms. The maximum atomic E-state index is 4.75. The number of hydrogen-bond acceptors (Lipinski definition) is 2. The van der Waals surface area contributed by atoms with Crippen LogP contribution in [0.5, 0.6) is 0 Å². The van der Waals surface area contributed by atoms with Crippen LogP contribution in [0.25, 0.3) is 0 Å². The maximum absolute atomic E-state index is 4.75. The van der Waals surface area contributed by atoms with Gasteiger partial charge in [-0.25, -0.2) is 0 Å². The van der Waals surface area contributed by atoms with Crippen LogP contribution in [0.3, 0.4) is 0 Å². The van der Waals surface area contributed by atoms with E-state index < -0.39 is 0 Å². The van der Waals surface area contributed by atoms with Gasteiger partial charge < -0.3 is 10.6 Å². The third kappa shape index (κ3) is 4.48. The predicted molar refractivity (Wildman–Crippen MR) is 94.8 cm³/mol. The Hall–Kier alpha value is -0.0400. The van der Waals surface area contributed by atoms with Gasteiger partial charge in [-0.2, -0.15) is 0 Å². The molecule has 0 radical (unpaired) electrons. The molecule has 1 aliphatic heterocycles. The molecular formula is C15H29IN4. The van der Waals surface area contributed by atoms with E-state index in [2.05, 4.69) is 29.4 Å². The summed E-state index contributed by atoms with van der Waals surface area (Å²) in [6, 6.07) is 1.49. The molecule has 20 heavy (non-hydrogen) atoms. The Morgan fingerprint density at radius 3 is 2.65 bits per heavy atom. The number of rotatable bonds is 5. The van der Waals surface area contributed by atoms with Crippen LogP contribution in [0.4, 0.5) is 0 Å². The highest BCUT2D eigenvalue weighted by atomic mass is 127. The number of guanidine groups is 1. The van der Waals surface area contributed by atoms with Crippen LogP contribution in [-0.4, -0.2) is 49.1 Å². The summed E-state index contributed by atoms with van der Waals surface area (Å²) in [5.41, 5.74) is 0. The van der Waals surface area contributed by atoms with E-state index in [9.17, 15) is 0 Å². The average molecular weight is 392 g/mol.